The standard InChI is InChI=1S/C16H22OS/c1-15(2,3)14-10-17-9-12(14)8-16(4,5)13-6-7-18-11-13/h6-7,9-11H,8H2,1-5H3. The summed E-state index contributed by atoms with van der Waals surface area (Å²) < 4.78 is 5.44. The molecule has 98 valence electrons. The molecule has 0 radical (unpaired) electrons. The van der Waals surface area contributed by atoms with E-state index >= 15 is 0 Å². The van der Waals surface area contributed by atoms with E-state index in [1.165, 1.54) is 16.7 Å². The van der Waals surface area contributed by atoms with Gasteiger partial charge < -0.3 is 4.42 Å². The Bertz CT molecular complexity index is 497. The summed E-state index contributed by atoms with van der Waals surface area (Å²) in [6.07, 6.45) is 4.83. The summed E-state index contributed by atoms with van der Waals surface area (Å²) in [5, 5.41) is 4.40. The Morgan fingerprint density at radius 2 is 1.83 bits per heavy atom. The van der Waals surface area contributed by atoms with Crippen molar-refractivity contribution in [2.75, 3.05) is 0 Å². The van der Waals surface area contributed by atoms with Gasteiger partial charge in [0.05, 0.1) is 12.5 Å². The molecule has 0 N–H and O–H groups in total. The Morgan fingerprint density at radius 3 is 2.39 bits per heavy atom. The molecule has 0 saturated heterocycles. The van der Waals surface area contributed by atoms with E-state index in [4.69, 9.17) is 4.42 Å². The van der Waals surface area contributed by atoms with Crippen molar-refractivity contribution in [1.82, 2.24) is 0 Å². The fourth-order valence-electron chi connectivity index (χ4n) is 2.35. The fourth-order valence-corrected chi connectivity index (χ4v) is 3.19. The summed E-state index contributed by atoms with van der Waals surface area (Å²) in [6.45, 7) is 11.3. The van der Waals surface area contributed by atoms with E-state index in [-0.39, 0.29) is 10.8 Å². The van der Waals surface area contributed by atoms with Crippen LogP contribution in [0.4, 0.5) is 0 Å². The van der Waals surface area contributed by atoms with Crippen LogP contribution in [0, 0.1) is 0 Å². The highest BCUT2D eigenvalue weighted by Gasteiger charge is 2.27. The van der Waals surface area contributed by atoms with Gasteiger partial charge in [-0.25, -0.2) is 0 Å². The summed E-state index contributed by atoms with van der Waals surface area (Å²) in [4.78, 5) is 0. The normalized spacial score (nSPS) is 12.9. The molecule has 0 aliphatic heterocycles. The van der Waals surface area contributed by atoms with Crippen LogP contribution >= 0.6 is 11.3 Å². The van der Waals surface area contributed by atoms with Gasteiger partial charge in [0.1, 0.15) is 0 Å². The van der Waals surface area contributed by atoms with E-state index in [0.717, 1.165) is 6.42 Å². The Kier molecular flexibility index (Phi) is 3.41. The largest absolute Gasteiger partial charge is 0.472 e. The molecule has 2 aromatic rings. The van der Waals surface area contributed by atoms with E-state index in [1.54, 1.807) is 11.3 Å². The van der Waals surface area contributed by atoms with Crippen molar-refractivity contribution in [2.45, 2.75) is 51.9 Å². The highest BCUT2D eigenvalue weighted by Crippen LogP contribution is 2.34. The van der Waals surface area contributed by atoms with E-state index < -0.39 is 0 Å². The van der Waals surface area contributed by atoms with Crippen LogP contribution in [0.3, 0.4) is 0 Å². The molecule has 0 fully saturated rings. The molecule has 2 aromatic heterocycles. The molecule has 0 spiro atoms. The summed E-state index contributed by atoms with van der Waals surface area (Å²) in [5.74, 6) is 0. The van der Waals surface area contributed by atoms with Crippen molar-refractivity contribution in [3.05, 3.63) is 46.0 Å². The van der Waals surface area contributed by atoms with Gasteiger partial charge in [0.25, 0.3) is 0 Å². The molecule has 2 rings (SSSR count). The highest BCUT2D eigenvalue weighted by atomic mass is 32.1. The lowest BCUT2D eigenvalue weighted by atomic mass is 9.77. The molecule has 0 amide bonds. The molecule has 1 nitrogen and oxygen atoms in total. The van der Waals surface area contributed by atoms with Crippen molar-refractivity contribution in [2.24, 2.45) is 0 Å². The van der Waals surface area contributed by atoms with Crippen LogP contribution in [0.15, 0.2) is 33.8 Å². The first-order valence-corrected chi connectivity index (χ1v) is 7.33. The zero-order valence-electron chi connectivity index (χ0n) is 11.9. The third kappa shape index (κ3) is 2.69. The van der Waals surface area contributed by atoms with Crippen molar-refractivity contribution >= 4 is 11.3 Å². The van der Waals surface area contributed by atoms with E-state index in [0.29, 0.717) is 0 Å². The van der Waals surface area contributed by atoms with Gasteiger partial charge in [0, 0.05) is 0 Å². The molecular weight excluding hydrogens is 240 g/mol. The summed E-state index contributed by atoms with van der Waals surface area (Å²) in [6, 6.07) is 2.22. The first-order valence-electron chi connectivity index (χ1n) is 6.39. The minimum Gasteiger partial charge on any atom is -0.472 e. The average molecular weight is 262 g/mol. The third-order valence-electron chi connectivity index (χ3n) is 3.49. The summed E-state index contributed by atoms with van der Waals surface area (Å²) in [7, 11) is 0. The lowest BCUT2D eigenvalue weighted by molar-refractivity contribution is 0.508. The second kappa shape index (κ2) is 4.58. The second-order valence-corrected chi connectivity index (χ2v) is 7.41. The Labute approximate surface area is 114 Å². The van der Waals surface area contributed by atoms with Crippen LogP contribution in [0.1, 0.15) is 51.3 Å². The van der Waals surface area contributed by atoms with Crippen molar-refractivity contribution in [3.63, 3.8) is 0 Å². The molecule has 0 aliphatic rings. The number of hydrogen-bond acceptors (Lipinski definition) is 2. The Hall–Kier alpha value is -1.02. The van der Waals surface area contributed by atoms with Gasteiger partial charge in [-0.1, -0.05) is 34.6 Å². The molecule has 0 unspecified atom stereocenters. The molecular formula is C16H22OS. The lowest BCUT2D eigenvalue weighted by Crippen LogP contribution is -2.22. The topological polar surface area (TPSA) is 13.1 Å². The van der Waals surface area contributed by atoms with Crippen LogP contribution in [-0.4, -0.2) is 0 Å². The Balaban J connectivity index is 2.28. The van der Waals surface area contributed by atoms with Gasteiger partial charge in [-0.2, -0.15) is 11.3 Å². The number of thiophene rings is 1. The first-order chi connectivity index (χ1) is 8.31. The molecule has 0 atom stereocenters. The minimum absolute atomic E-state index is 0.146. The third-order valence-corrected chi connectivity index (χ3v) is 4.17. The van der Waals surface area contributed by atoms with Crippen LogP contribution in [0.25, 0.3) is 0 Å². The van der Waals surface area contributed by atoms with Crippen molar-refractivity contribution in [3.8, 4) is 0 Å². The molecule has 0 saturated carbocycles. The van der Waals surface area contributed by atoms with Crippen LogP contribution in [0.5, 0.6) is 0 Å². The zero-order chi connectivity index (χ0) is 13.4. The molecule has 0 bridgehead atoms. The minimum atomic E-state index is 0.146. The molecule has 2 heterocycles. The SMILES string of the molecule is CC(C)(C)c1cocc1CC(C)(C)c1ccsc1. The number of hydrogen-bond donors (Lipinski definition) is 0. The predicted octanol–water partition coefficient (Wildman–Crippen LogP) is 5.16. The summed E-state index contributed by atoms with van der Waals surface area (Å²) >= 11 is 1.77. The van der Waals surface area contributed by atoms with Crippen LogP contribution in [0.2, 0.25) is 0 Å². The Morgan fingerprint density at radius 1 is 1.11 bits per heavy atom. The number of furan rings is 1. The fraction of sp³-hybridized carbons (Fsp3) is 0.500. The molecule has 18 heavy (non-hydrogen) atoms. The number of rotatable bonds is 3. The maximum absolute atomic E-state index is 5.44. The lowest BCUT2D eigenvalue weighted by Gasteiger charge is -2.26. The summed E-state index contributed by atoms with van der Waals surface area (Å²) in [5.41, 5.74) is 4.37. The van der Waals surface area contributed by atoms with Gasteiger partial charge in [-0.05, 0) is 50.8 Å². The predicted molar refractivity (Wildman–Crippen MR) is 78.5 cm³/mol. The van der Waals surface area contributed by atoms with Gasteiger partial charge in [-0.3, -0.25) is 0 Å². The average Bonchev–Trinajstić information content (AvgIpc) is 2.83. The van der Waals surface area contributed by atoms with Crippen LogP contribution < -0.4 is 0 Å². The molecule has 0 aliphatic carbocycles. The van der Waals surface area contributed by atoms with E-state index in [2.05, 4.69) is 51.4 Å². The smallest absolute Gasteiger partial charge is 0.0942 e. The van der Waals surface area contributed by atoms with Gasteiger partial charge >= 0.3 is 0 Å². The molecule has 2 heteroatoms. The quantitative estimate of drug-likeness (QED) is 0.744. The van der Waals surface area contributed by atoms with Crippen LogP contribution in [-0.2, 0) is 17.3 Å². The maximum atomic E-state index is 5.44. The maximum Gasteiger partial charge on any atom is 0.0942 e. The highest BCUT2D eigenvalue weighted by molar-refractivity contribution is 7.08. The van der Waals surface area contributed by atoms with Gasteiger partial charge in [0.15, 0.2) is 0 Å². The van der Waals surface area contributed by atoms with Crippen molar-refractivity contribution < 1.29 is 4.42 Å². The second-order valence-electron chi connectivity index (χ2n) is 6.63. The van der Waals surface area contributed by atoms with Gasteiger partial charge in [0.2, 0.25) is 0 Å². The van der Waals surface area contributed by atoms with E-state index in [9.17, 15) is 0 Å². The monoisotopic (exact) mass is 262 g/mol. The van der Waals surface area contributed by atoms with Crippen molar-refractivity contribution in [1.29, 1.82) is 0 Å². The zero-order valence-corrected chi connectivity index (χ0v) is 12.7. The molecule has 0 aromatic carbocycles. The first kappa shape index (κ1) is 13.4. The van der Waals surface area contributed by atoms with E-state index in [1.807, 2.05) is 12.5 Å². The van der Waals surface area contributed by atoms with Gasteiger partial charge in [-0.15, -0.1) is 0 Å².